The molecule has 0 aliphatic heterocycles. The van der Waals surface area contributed by atoms with Crippen molar-refractivity contribution in [3.05, 3.63) is 48.0 Å². The molecule has 1 aliphatic rings. The van der Waals surface area contributed by atoms with Crippen LogP contribution < -0.4 is 19.5 Å². The Morgan fingerprint density at radius 1 is 1.04 bits per heavy atom. The topological polar surface area (TPSA) is 60.0 Å². The third kappa shape index (κ3) is 5.14. The van der Waals surface area contributed by atoms with Crippen LogP contribution in [0, 0.1) is 0 Å². The van der Waals surface area contributed by atoms with Gasteiger partial charge >= 0.3 is 0 Å². The van der Waals surface area contributed by atoms with Crippen LogP contribution in [0.1, 0.15) is 18.4 Å². The molecule has 144 valence electrons. The van der Waals surface area contributed by atoms with Gasteiger partial charge in [-0.15, -0.1) is 0 Å². The number of hydrogen-bond acceptors (Lipinski definition) is 5. The number of nitrogens with one attached hydrogen (secondary N) is 1. The lowest BCUT2D eigenvalue weighted by atomic mass is 10.1. The molecular formula is C21H26N2O4. The van der Waals surface area contributed by atoms with E-state index in [2.05, 4.69) is 10.2 Å². The first kappa shape index (κ1) is 19.0. The van der Waals surface area contributed by atoms with E-state index in [1.54, 1.807) is 21.3 Å². The zero-order valence-electron chi connectivity index (χ0n) is 16.0. The Morgan fingerprint density at radius 3 is 2.44 bits per heavy atom. The smallest absolute Gasteiger partial charge is 0.238 e. The number of amides is 1. The predicted octanol–water partition coefficient (Wildman–Crippen LogP) is 3.32. The van der Waals surface area contributed by atoms with Gasteiger partial charge < -0.3 is 19.5 Å². The first-order valence-electron chi connectivity index (χ1n) is 9.01. The van der Waals surface area contributed by atoms with Crippen LogP contribution in [0.25, 0.3) is 0 Å². The third-order valence-electron chi connectivity index (χ3n) is 4.62. The van der Waals surface area contributed by atoms with Crippen LogP contribution in [-0.2, 0) is 11.3 Å². The molecule has 0 atom stereocenters. The SMILES string of the molecule is COc1cccc(NC(=O)CN(Cc2cc(OC)ccc2OC)C2CC2)c1. The molecule has 1 fully saturated rings. The normalized spacial score (nSPS) is 13.3. The Bertz CT molecular complexity index is 790. The Labute approximate surface area is 160 Å². The molecule has 6 nitrogen and oxygen atoms in total. The van der Waals surface area contributed by atoms with Crippen molar-refractivity contribution < 1.29 is 19.0 Å². The third-order valence-corrected chi connectivity index (χ3v) is 4.62. The summed E-state index contributed by atoms with van der Waals surface area (Å²) in [6, 6.07) is 13.5. The first-order chi connectivity index (χ1) is 13.1. The molecule has 0 saturated heterocycles. The number of ether oxygens (including phenoxy) is 3. The molecule has 0 spiro atoms. The maximum atomic E-state index is 12.6. The van der Waals surface area contributed by atoms with Crippen molar-refractivity contribution in [2.75, 3.05) is 33.2 Å². The van der Waals surface area contributed by atoms with Gasteiger partial charge in [0.05, 0.1) is 27.9 Å². The number of benzene rings is 2. The zero-order valence-corrected chi connectivity index (χ0v) is 16.0. The fourth-order valence-corrected chi connectivity index (χ4v) is 3.06. The molecule has 0 heterocycles. The monoisotopic (exact) mass is 370 g/mol. The quantitative estimate of drug-likeness (QED) is 0.734. The average molecular weight is 370 g/mol. The molecule has 1 amide bonds. The number of anilines is 1. The van der Waals surface area contributed by atoms with Gasteiger partial charge in [-0.05, 0) is 43.2 Å². The fourth-order valence-electron chi connectivity index (χ4n) is 3.06. The Hall–Kier alpha value is -2.73. The summed E-state index contributed by atoms with van der Waals surface area (Å²) in [5, 5.41) is 2.95. The minimum atomic E-state index is -0.0444. The van der Waals surface area contributed by atoms with Crippen LogP contribution in [0.2, 0.25) is 0 Å². The van der Waals surface area contributed by atoms with Gasteiger partial charge in [-0.1, -0.05) is 6.07 Å². The number of hydrogen-bond donors (Lipinski definition) is 1. The van der Waals surface area contributed by atoms with Crippen molar-refractivity contribution in [3.63, 3.8) is 0 Å². The number of methoxy groups -OCH3 is 3. The molecule has 0 radical (unpaired) electrons. The molecule has 2 aromatic carbocycles. The standard InChI is InChI=1S/C21H26N2O4/c1-25-18-6-4-5-16(12-18)22-21(24)14-23(17-7-8-17)13-15-11-19(26-2)9-10-20(15)27-3/h4-6,9-12,17H,7-8,13-14H2,1-3H3,(H,22,24). The van der Waals surface area contributed by atoms with Crippen molar-refractivity contribution >= 4 is 11.6 Å². The van der Waals surface area contributed by atoms with Gasteiger partial charge in [0.2, 0.25) is 5.91 Å². The van der Waals surface area contributed by atoms with E-state index >= 15 is 0 Å². The molecular weight excluding hydrogens is 344 g/mol. The molecule has 1 saturated carbocycles. The molecule has 27 heavy (non-hydrogen) atoms. The summed E-state index contributed by atoms with van der Waals surface area (Å²) >= 11 is 0. The lowest BCUT2D eigenvalue weighted by Crippen LogP contribution is -2.34. The molecule has 0 aromatic heterocycles. The number of carbonyl (C=O) groups is 1. The molecule has 6 heteroatoms. The second kappa shape index (κ2) is 8.77. The van der Waals surface area contributed by atoms with Gasteiger partial charge in [0, 0.05) is 29.9 Å². The minimum absolute atomic E-state index is 0.0444. The van der Waals surface area contributed by atoms with Gasteiger partial charge in [-0.3, -0.25) is 9.69 Å². The number of carbonyl (C=O) groups excluding carboxylic acids is 1. The van der Waals surface area contributed by atoms with E-state index in [1.165, 1.54) is 0 Å². The van der Waals surface area contributed by atoms with Crippen LogP contribution >= 0.6 is 0 Å². The summed E-state index contributed by atoms with van der Waals surface area (Å²) in [6.07, 6.45) is 2.22. The summed E-state index contributed by atoms with van der Waals surface area (Å²) in [6.45, 7) is 0.957. The van der Waals surface area contributed by atoms with Crippen molar-refractivity contribution in [2.45, 2.75) is 25.4 Å². The van der Waals surface area contributed by atoms with Gasteiger partial charge in [-0.2, -0.15) is 0 Å². The van der Waals surface area contributed by atoms with E-state index < -0.39 is 0 Å². The molecule has 1 N–H and O–H groups in total. The highest BCUT2D eigenvalue weighted by atomic mass is 16.5. The predicted molar refractivity (Wildman–Crippen MR) is 105 cm³/mol. The fraction of sp³-hybridized carbons (Fsp3) is 0.381. The van der Waals surface area contributed by atoms with E-state index in [1.807, 2.05) is 42.5 Å². The van der Waals surface area contributed by atoms with Crippen molar-refractivity contribution in [1.82, 2.24) is 4.90 Å². The molecule has 0 unspecified atom stereocenters. The number of rotatable bonds is 9. The Morgan fingerprint density at radius 2 is 1.78 bits per heavy atom. The van der Waals surface area contributed by atoms with Gasteiger partial charge in [0.1, 0.15) is 17.2 Å². The summed E-state index contributed by atoms with van der Waals surface area (Å²) in [4.78, 5) is 14.8. The van der Waals surface area contributed by atoms with Crippen LogP contribution in [0.3, 0.4) is 0 Å². The molecule has 2 aromatic rings. The second-order valence-corrected chi connectivity index (χ2v) is 6.59. The first-order valence-corrected chi connectivity index (χ1v) is 9.01. The lowest BCUT2D eigenvalue weighted by molar-refractivity contribution is -0.117. The van der Waals surface area contributed by atoms with Crippen LogP contribution in [0.5, 0.6) is 17.2 Å². The highest BCUT2D eigenvalue weighted by molar-refractivity contribution is 5.92. The van der Waals surface area contributed by atoms with E-state index in [0.29, 0.717) is 24.9 Å². The van der Waals surface area contributed by atoms with Gasteiger partial charge in [0.25, 0.3) is 0 Å². The largest absolute Gasteiger partial charge is 0.497 e. The Kier molecular flexibility index (Phi) is 6.19. The molecule has 0 bridgehead atoms. The second-order valence-electron chi connectivity index (χ2n) is 6.59. The van der Waals surface area contributed by atoms with Crippen LogP contribution in [-0.4, -0.2) is 44.7 Å². The van der Waals surface area contributed by atoms with Gasteiger partial charge in [0.15, 0.2) is 0 Å². The average Bonchev–Trinajstić information content (AvgIpc) is 3.52. The van der Waals surface area contributed by atoms with Crippen LogP contribution in [0.4, 0.5) is 5.69 Å². The summed E-state index contributed by atoms with van der Waals surface area (Å²) in [7, 11) is 4.91. The summed E-state index contributed by atoms with van der Waals surface area (Å²) in [5.74, 6) is 2.25. The van der Waals surface area contributed by atoms with E-state index in [-0.39, 0.29) is 5.91 Å². The van der Waals surface area contributed by atoms with Crippen molar-refractivity contribution in [3.8, 4) is 17.2 Å². The zero-order chi connectivity index (χ0) is 19.2. The lowest BCUT2D eigenvalue weighted by Gasteiger charge is -2.23. The van der Waals surface area contributed by atoms with Gasteiger partial charge in [-0.25, -0.2) is 0 Å². The highest BCUT2D eigenvalue weighted by Gasteiger charge is 2.31. The highest BCUT2D eigenvalue weighted by Crippen LogP contribution is 2.31. The maximum Gasteiger partial charge on any atom is 0.238 e. The molecule has 1 aliphatic carbocycles. The molecule has 3 rings (SSSR count). The minimum Gasteiger partial charge on any atom is -0.497 e. The van der Waals surface area contributed by atoms with E-state index in [4.69, 9.17) is 14.2 Å². The van der Waals surface area contributed by atoms with E-state index in [9.17, 15) is 4.79 Å². The Balaban J connectivity index is 1.68. The maximum absolute atomic E-state index is 12.6. The van der Waals surface area contributed by atoms with E-state index in [0.717, 1.165) is 35.6 Å². The number of nitrogens with zero attached hydrogens (tertiary/aromatic N) is 1. The summed E-state index contributed by atoms with van der Waals surface area (Å²) in [5.41, 5.74) is 1.74. The van der Waals surface area contributed by atoms with Crippen molar-refractivity contribution in [2.24, 2.45) is 0 Å². The van der Waals surface area contributed by atoms with Crippen molar-refractivity contribution in [1.29, 1.82) is 0 Å². The van der Waals surface area contributed by atoms with Crippen LogP contribution in [0.15, 0.2) is 42.5 Å². The summed E-state index contributed by atoms with van der Waals surface area (Å²) < 4.78 is 16.0.